The number of nitrogens with two attached hydrogens (primary N) is 1. The molecule has 5 heteroatoms. The fraction of sp³-hybridized carbons (Fsp3) is 0.0833. The van der Waals surface area contributed by atoms with E-state index in [0.717, 1.165) is 10.0 Å². The van der Waals surface area contributed by atoms with Crippen molar-refractivity contribution in [2.24, 2.45) is 0 Å². The van der Waals surface area contributed by atoms with E-state index in [-0.39, 0.29) is 0 Å². The van der Waals surface area contributed by atoms with Gasteiger partial charge in [-0.15, -0.1) is 0 Å². The molecule has 0 fully saturated rings. The van der Waals surface area contributed by atoms with Crippen molar-refractivity contribution >= 4 is 32.4 Å². The van der Waals surface area contributed by atoms with Crippen molar-refractivity contribution in [3.05, 3.63) is 52.6 Å². The third-order valence-electron chi connectivity index (χ3n) is 2.23. The third kappa shape index (κ3) is 3.14. The zero-order chi connectivity index (χ0) is 12.3. The van der Waals surface area contributed by atoms with Gasteiger partial charge in [0.05, 0.1) is 22.2 Å². The molecule has 0 saturated carbocycles. The second kappa shape index (κ2) is 5.42. The Balaban J connectivity index is 2.17. The molecule has 1 atom stereocenters. The molecule has 2 N–H and O–H groups in total. The van der Waals surface area contributed by atoms with E-state index in [9.17, 15) is 4.21 Å². The summed E-state index contributed by atoms with van der Waals surface area (Å²) < 4.78 is 13.1. The molecule has 0 saturated heterocycles. The molecule has 2 rings (SSSR count). The van der Waals surface area contributed by atoms with Crippen LogP contribution in [0.1, 0.15) is 5.56 Å². The SMILES string of the molecule is Nc1cccnc1S(=O)Cc1ccc(Br)cc1. The Morgan fingerprint density at radius 2 is 1.94 bits per heavy atom. The predicted molar refractivity (Wildman–Crippen MR) is 72.9 cm³/mol. The van der Waals surface area contributed by atoms with E-state index < -0.39 is 10.8 Å². The molecule has 0 aliphatic heterocycles. The van der Waals surface area contributed by atoms with Crippen molar-refractivity contribution in [2.75, 3.05) is 5.73 Å². The molecule has 0 amide bonds. The Labute approximate surface area is 111 Å². The van der Waals surface area contributed by atoms with Crippen LogP contribution in [0.4, 0.5) is 5.69 Å². The largest absolute Gasteiger partial charge is 0.396 e. The number of nitrogens with zero attached hydrogens (tertiary/aromatic N) is 1. The average Bonchev–Trinajstić information content (AvgIpc) is 2.32. The Morgan fingerprint density at radius 3 is 2.59 bits per heavy atom. The van der Waals surface area contributed by atoms with E-state index in [0.29, 0.717) is 16.5 Å². The summed E-state index contributed by atoms with van der Waals surface area (Å²) in [5.74, 6) is 0.425. The van der Waals surface area contributed by atoms with Crippen LogP contribution in [0.15, 0.2) is 52.1 Å². The van der Waals surface area contributed by atoms with Crippen LogP contribution in [0, 0.1) is 0 Å². The summed E-state index contributed by atoms with van der Waals surface area (Å²) in [6.07, 6.45) is 1.60. The van der Waals surface area contributed by atoms with Gasteiger partial charge in [-0.3, -0.25) is 4.21 Å². The molecule has 3 nitrogen and oxygen atoms in total. The molecule has 0 aliphatic carbocycles. The topological polar surface area (TPSA) is 56.0 Å². The number of aromatic nitrogens is 1. The van der Waals surface area contributed by atoms with Gasteiger partial charge < -0.3 is 5.73 Å². The lowest BCUT2D eigenvalue weighted by Crippen LogP contribution is -2.03. The van der Waals surface area contributed by atoms with Gasteiger partial charge in [0.2, 0.25) is 0 Å². The van der Waals surface area contributed by atoms with Crippen molar-refractivity contribution < 1.29 is 4.21 Å². The fourth-order valence-corrected chi connectivity index (χ4v) is 2.80. The van der Waals surface area contributed by atoms with Gasteiger partial charge in [0, 0.05) is 10.7 Å². The lowest BCUT2D eigenvalue weighted by atomic mass is 10.2. The maximum absolute atomic E-state index is 12.1. The molecule has 17 heavy (non-hydrogen) atoms. The van der Waals surface area contributed by atoms with Gasteiger partial charge in [-0.25, -0.2) is 4.98 Å². The number of hydrogen-bond donors (Lipinski definition) is 1. The molecule has 88 valence electrons. The number of rotatable bonds is 3. The standard InChI is InChI=1S/C12H11BrN2OS/c13-10-5-3-9(4-6-10)8-17(16)12-11(14)2-1-7-15-12/h1-7H,8,14H2. The molecular weight excluding hydrogens is 300 g/mol. The monoisotopic (exact) mass is 310 g/mol. The summed E-state index contributed by atoms with van der Waals surface area (Å²) in [7, 11) is -1.20. The van der Waals surface area contributed by atoms with Crippen molar-refractivity contribution in [1.82, 2.24) is 4.98 Å². The van der Waals surface area contributed by atoms with Crippen molar-refractivity contribution in [3.63, 3.8) is 0 Å². The predicted octanol–water partition coefficient (Wildman–Crippen LogP) is 2.73. The minimum absolute atomic E-state index is 0.425. The highest BCUT2D eigenvalue weighted by molar-refractivity contribution is 9.10. The van der Waals surface area contributed by atoms with Crippen molar-refractivity contribution in [2.45, 2.75) is 10.8 Å². The molecule has 1 aromatic heterocycles. The summed E-state index contributed by atoms with van der Waals surface area (Å²) >= 11 is 3.36. The van der Waals surface area contributed by atoms with Crippen molar-refractivity contribution in [1.29, 1.82) is 0 Å². The molecule has 0 bridgehead atoms. The summed E-state index contributed by atoms with van der Waals surface area (Å²) in [5, 5.41) is 0.454. The highest BCUT2D eigenvalue weighted by Crippen LogP contribution is 2.17. The summed E-state index contributed by atoms with van der Waals surface area (Å²) in [4.78, 5) is 4.06. The summed E-state index contributed by atoms with van der Waals surface area (Å²) in [5.41, 5.74) is 7.21. The third-order valence-corrected chi connectivity index (χ3v) is 4.12. The molecule has 1 heterocycles. The van der Waals surface area contributed by atoms with Gasteiger partial charge in [-0.2, -0.15) is 0 Å². The maximum Gasteiger partial charge on any atom is 0.150 e. The molecular formula is C12H11BrN2OS. The second-order valence-electron chi connectivity index (χ2n) is 3.51. The highest BCUT2D eigenvalue weighted by Gasteiger charge is 2.09. The van der Waals surface area contributed by atoms with Crippen LogP contribution >= 0.6 is 15.9 Å². The second-order valence-corrected chi connectivity index (χ2v) is 5.80. The van der Waals surface area contributed by atoms with Gasteiger partial charge in [0.1, 0.15) is 5.03 Å². The van der Waals surface area contributed by atoms with Gasteiger partial charge in [0.25, 0.3) is 0 Å². The van der Waals surface area contributed by atoms with Gasteiger partial charge in [-0.1, -0.05) is 28.1 Å². The molecule has 0 spiro atoms. The normalized spacial score (nSPS) is 12.3. The minimum atomic E-state index is -1.20. The van der Waals surface area contributed by atoms with E-state index >= 15 is 0 Å². The van der Waals surface area contributed by atoms with E-state index in [1.165, 1.54) is 0 Å². The van der Waals surface area contributed by atoms with Crippen LogP contribution in [-0.4, -0.2) is 9.19 Å². The van der Waals surface area contributed by atoms with E-state index in [2.05, 4.69) is 20.9 Å². The smallest absolute Gasteiger partial charge is 0.150 e. The number of pyridine rings is 1. The summed E-state index contributed by atoms with van der Waals surface area (Å²) in [6.45, 7) is 0. The fourth-order valence-electron chi connectivity index (χ4n) is 1.39. The van der Waals surface area contributed by atoms with Gasteiger partial charge in [-0.05, 0) is 29.8 Å². The summed E-state index contributed by atoms with van der Waals surface area (Å²) in [6, 6.07) is 11.2. The Morgan fingerprint density at radius 1 is 1.24 bits per heavy atom. The number of benzene rings is 1. The lowest BCUT2D eigenvalue weighted by molar-refractivity contribution is 0.680. The molecule has 1 unspecified atom stereocenters. The van der Waals surface area contributed by atoms with Gasteiger partial charge >= 0.3 is 0 Å². The zero-order valence-electron chi connectivity index (χ0n) is 8.97. The van der Waals surface area contributed by atoms with E-state index in [1.54, 1.807) is 18.3 Å². The Kier molecular flexibility index (Phi) is 3.91. The van der Waals surface area contributed by atoms with Crippen LogP contribution in [0.5, 0.6) is 0 Å². The van der Waals surface area contributed by atoms with Crippen molar-refractivity contribution in [3.8, 4) is 0 Å². The first-order valence-electron chi connectivity index (χ1n) is 5.00. The first-order valence-corrected chi connectivity index (χ1v) is 7.11. The Bertz CT molecular complexity index is 542. The Hall–Kier alpha value is -1.20. The minimum Gasteiger partial charge on any atom is -0.396 e. The first-order chi connectivity index (χ1) is 8.16. The van der Waals surface area contributed by atoms with Crippen LogP contribution in [0.3, 0.4) is 0 Å². The molecule has 0 radical (unpaired) electrons. The quantitative estimate of drug-likeness (QED) is 0.948. The highest BCUT2D eigenvalue weighted by atomic mass is 79.9. The first kappa shape index (κ1) is 12.3. The van der Waals surface area contributed by atoms with E-state index in [4.69, 9.17) is 5.73 Å². The van der Waals surface area contributed by atoms with Crippen LogP contribution in [-0.2, 0) is 16.6 Å². The van der Waals surface area contributed by atoms with Gasteiger partial charge in [0.15, 0.2) is 0 Å². The lowest BCUT2D eigenvalue weighted by Gasteiger charge is -2.04. The number of anilines is 1. The average molecular weight is 311 g/mol. The van der Waals surface area contributed by atoms with Crippen LogP contribution in [0.25, 0.3) is 0 Å². The van der Waals surface area contributed by atoms with E-state index in [1.807, 2.05) is 24.3 Å². The number of nitrogen functional groups attached to an aromatic ring is 1. The van der Waals surface area contributed by atoms with Crippen LogP contribution < -0.4 is 5.73 Å². The maximum atomic E-state index is 12.1. The number of halogens is 1. The molecule has 2 aromatic rings. The molecule has 0 aliphatic rings. The molecule has 1 aromatic carbocycles. The number of hydrogen-bond acceptors (Lipinski definition) is 3. The zero-order valence-corrected chi connectivity index (χ0v) is 11.4. The van der Waals surface area contributed by atoms with Crippen LogP contribution in [0.2, 0.25) is 0 Å².